The van der Waals surface area contributed by atoms with Gasteiger partial charge in [-0.25, -0.2) is 4.98 Å². The van der Waals surface area contributed by atoms with Crippen molar-refractivity contribution >= 4 is 27.2 Å². The first-order chi connectivity index (χ1) is 29.3. The van der Waals surface area contributed by atoms with Crippen molar-refractivity contribution < 1.29 is 0 Å². The number of rotatable bonds is 6. The summed E-state index contributed by atoms with van der Waals surface area (Å²) in [7, 11) is 0. The first-order valence-electron chi connectivity index (χ1n) is 20.3. The summed E-state index contributed by atoms with van der Waals surface area (Å²) in [5.74, 6) is 0. The lowest BCUT2D eigenvalue weighted by Crippen LogP contribution is -1.94. The van der Waals surface area contributed by atoms with Crippen molar-refractivity contribution in [3.8, 4) is 89.1 Å². The second-order valence-electron chi connectivity index (χ2n) is 15.5. The molecule has 0 amide bonds. The summed E-state index contributed by atoms with van der Waals surface area (Å²) in [6.07, 6.45) is 4.17. The van der Waals surface area contributed by atoms with Crippen LogP contribution in [0.3, 0.4) is 0 Å². The maximum atomic E-state index is 4.96. The fraction of sp³-hybridized carbons (Fsp3) is 0. The van der Waals surface area contributed by atoms with Crippen LogP contribution in [0.25, 0.3) is 116 Å². The Morgan fingerprint density at radius 2 is 0.780 bits per heavy atom. The Balaban J connectivity index is 1.10. The number of pyridine rings is 1. The summed E-state index contributed by atoms with van der Waals surface area (Å²) in [4.78, 5) is 4.96. The molecular formula is C57H36N2. The average Bonchev–Trinajstić information content (AvgIpc) is 3.90. The summed E-state index contributed by atoms with van der Waals surface area (Å²) in [6, 6.07) is 75.3. The van der Waals surface area contributed by atoms with Gasteiger partial charge < -0.3 is 4.40 Å². The van der Waals surface area contributed by atoms with Crippen LogP contribution in [0.5, 0.6) is 0 Å². The van der Waals surface area contributed by atoms with E-state index in [1.54, 1.807) is 0 Å². The molecule has 2 heterocycles. The highest BCUT2D eigenvalue weighted by atomic mass is 15.0. The molecule has 0 spiro atoms. The smallest absolute Gasteiger partial charge is 0.137 e. The Labute approximate surface area is 343 Å². The van der Waals surface area contributed by atoms with Crippen LogP contribution in [-0.4, -0.2) is 9.38 Å². The van der Waals surface area contributed by atoms with Crippen molar-refractivity contribution in [3.05, 3.63) is 219 Å². The maximum absolute atomic E-state index is 4.96. The minimum atomic E-state index is 0.944. The van der Waals surface area contributed by atoms with Gasteiger partial charge in [0.05, 0.1) is 5.69 Å². The Morgan fingerprint density at radius 3 is 1.41 bits per heavy atom. The van der Waals surface area contributed by atoms with Crippen molar-refractivity contribution in [2.75, 3.05) is 0 Å². The molecule has 0 aliphatic heterocycles. The molecule has 274 valence electrons. The van der Waals surface area contributed by atoms with E-state index in [4.69, 9.17) is 4.98 Å². The normalized spacial score (nSPS) is 11.7. The highest BCUT2D eigenvalue weighted by molar-refractivity contribution is 6.28. The van der Waals surface area contributed by atoms with Gasteiger partial charge in [0.2, 0.25) is 0 Å². The topological polar surface area (TPSA) is 17.3 Å². The van der Waals surface area contributed by atoms with Crippen LogP contribution in [0.1, 0.15) is 0 Å². The lowest BCUT2D eigenvalue weighted by atomic mass is 9.82. The molecule has 0 N–H and O–H groups in total. The van der Waals surface area contributed by atoms with Gasteiger partial charge >= 0.3 is 0 Å². The number of benzene rings is 9. The summed E-state index contributed by atoms with van der Waals surface area (Å²) < 4.78 is 2.09. The highest BCUT2D eigenvalue weighted by Crippen LogP contribution is 2.58. The van der Waals surface area contributed by atoms with Gasteiger partial charge in [0.15, 0.2) is 0 Å². The van der Waals surface area contributed by atoms with Gasteiger partial charge in [0.25, 0.3) is 0 Å². The van der Waals surface area contributed by atoms with Crippen LogP contribution in [-0.2, 0) is 0 Å². The van der Waals surface area contributed by atoms with Crippen LogP contribution in [0, 0.1) is 0 Å². The zero-order valence-corrected chi connectivity index (χ0v) is 32.2. The molecule has 1 aliphatic carbocycles. The molecule has 2 aromatic heterocycles. The van der Waals surface area contributed by atoms with Crippen LogP contribution >= 0.6 is 0 Å². The van der Waals surface area contributed by atoms with Crippen LogP contribution < -0.4 is 0 Å². The zero-order valence-electron chi connectivity index (χ0n) is 32.2. The molecule has 0 saturated heterocycles. The van der Waals surface area contributed by atoms with Gasteiger partial charge in [-0.1, -0.05) is 188 Å². The van der Waals surface area contributed by atoms with E-state index in [2.05, 4.69) is 211 Å². The van der Waals surface area contributed by atoms with Crippen LogP contribution in [0.15, 0.2) is 219 Å². The highest BCUT2D eigenvalue weighted by Gasteiger charge is 2.31. The Kier molecular flexibility index (Phi) is 7.57. The zero-order chi connectivity index (χ0) is 38.9. The van der Waals surface area contributed by atoms with E-state index in [0.717, 1.165) is 16.9 Å². The first kappa shape index (κ1) is 33.3. The van der Waals surface area contributed by atoms with Crippen molar-refractivity contribution in [3.63, 3.8) is 0 Å². The Bertz CT molecular complexity index is 3230. The minimum absolute atomic E-state index is 0.944. The quantitative estimate of drug-likeness (QED) is 0.166. The molecule has 2 heteroatoms. The van der Waals surface area contributed by atoms with Gasteiger partial charge in [-0.3, -0.25) is 0 Å². The third-order valence-electron chi connectivity index (χ3n) is 12.2. The second-order valence-corrected chi connectivity index (χ2v) is 15.5. The number of imidazole rings is 1. The van der Waals surface area contributed by atoms with Gasteiger partial charge in [-0.05, 0) is 118 Å². The predicted molar refractivity (Wildman–Crippen MR) is 247 cm³/mol. The Hall–Kier alpha value is -7.81. The third kappa shape index (κ3) is 5.38. The van der Waals surface area contributed by atoms with Gasteiger partial charge in [0, 0.05) is 18.0 Å². The molecule has 0 atom stereocenters. The van der Waals surface area contributed by atoms with Gasteiger partial charge in [-0.15, -0.1) is 0 Å². The number of nitrogens with zero attached hydrogens (tertiary/aromatic N) is 2. The van der Waals surface area contributed by atoms with E-state index in [-0.39, 0.29) is 0 Å². The lowest BCUT2D eigenvalue weighted by molar-refractivity contribution is 1.19. The predicted octanol–water partition coefficient (Wildman–Crippen LogP) is 15.3. The molecule has 0 bridgehead atoms. The molecule has 0 saturated carbocycles. The molecular weight excluding hydrogens is 713 g/mol. The minimum Gasteiger partial charge on any atom is -0.306 e. The molecule has 0 unspecified atom stereocenters. The molecule has 0 fully saturated rings. The van der Waals surface area contributed by atoms with Gasteiger partial charge in [0.1, 0.15) is 5.65 Å². The van der Waals surface area contributed by atoms with Crippen LogP contribution in [0.2, 0.25) is 0 Å². The fourth-order valence-electron chi connectivity index (χ4n) is 9.49. The first-order valence-corrected chi connectivity index (χ1v) is 20.3. The molecule has 11 aromatic rings. The van der Waals surface area contributed by atoms with E-state index in [0.29, 0.717) is 0 Å². The SMILES string of the molecule is c1ccc(-c2ccc(-c3c4c(c(-c5ccc(-c6ccccc6)cc5)c5ccccc35)-c3ccc(-c5cccc(-c6cn7ccccc7n6)c5)c5cccc-4c35)cc2)cc1. The van der Waals surface area contributed by atoms with Crippen molar-refractivity contribution in [1.82, 2.24) is 9.38 Å². The Morgan fingerprint density at radius 1 is 0.305 bits per heavy atom. The number of hydrogen-bond acceptors (Lipinski definition) is 1. The maximum Gasteiger partial charge on any atom is 0.137 e. The molecule has 12 rings (SSSR count). The number of fused-ring (bicyclic) bond motifs is 5. The average molecular weight is 749 g/mol. The van der Waals surface area contributed by atoms with E-state index in [1.807, 2.05) is 12.1 Å². The lowest BCUT2D eigenvalue weighted by Gasteiger charge is -2.21. The summed E-state index contributed by atoms with van der Waals surface area (Å²) >= 11 is 0. The van der Waals surface area contributed by atoms with E-state index >= 15 is 0 Å². The monoisotopic (exact) mass is 748 g/mol. The summed E-state index contributed by atoms with van der Waals surface area (Å²) in [5, 5.41) is 5.07. The molecule has 2 nitrogen and oxygen atoms in total. The number of aromatic nitrogens is 2. The molecule has 9 aromatic carbocycles. The molecule has 1 aliphatic rings. The summed E-state index contributed by atoms with van der Waals surface area (Å²) in [6.45, 7) is 0. The standard InChI is InChI=1S/C57H36N2/c1-3-13-37(14-4-1)39-24-28-41(29-25-39)53-47-19-7-8-20-48(47)54(42-30-26-40(27-31-42)38-15-5-2-6-16-38)57-50-33-32-45(46-21-12-22-49(55(46)50)56(53)57)43-17-11-18-44(35-43)51-36-59-34-10-9-23-52(59)58-51/h1-36H. The van der Waals surface area contributed by atoms with Crippen molar-refractivity contribution in [2.24, 2.45) is 0 Å². The second kappa shape index (κ2) is 13.4. The van der Waals surface area contributed by atoms with Gasteiger partial charge in [-0.2, -0.15) is 0 Å². The van der Waals surface area contributed by atoms with E-state index < -0.39 is 0 Å². The largest absolute Gasteiger partial charge is 0.306 e. The molecule has 0 radical (unpaired) electrons. The summed E-state index contributed by atoms with van der Waals surface area (Å²) in [5.41, 5.74) is 20.4. The van der Waals surface area contributed by atoms with Crippen LogP contribution in [0.4, 0.5) is 0 Å². The number of hydrogen-bond donors (Lipinski definition) is 0. The third-order valence-corrected chi connectivity index (χ3v) is 12.2. The van der Waals surface area contributed by atoms with E-state index in [1.165, 1.54) is 99.4 Å². The van der Waals surface area contributed by atoms with Crippen molar-refractivity contribution in [2.45, 2.75) is 0 Å². The molecule has 59 heavy (non-hydrogen) atoms. The fourth-order valence-corrected chi connectivity index (χ4v) is 9.49. The van der Waals surface area contributed by atoms with Crippen molar-refractivity contribution in [1.29, 1.82) is 0 Å². The van der Waals surface area contributed by atoms with E-state index in [9.17, 15) is 0 Å².